The van der Waals surface area contributed by atoms with Crippen LogP contribution in [-0.4, -0.2) is 63.6 Å². The van der Waals surface area contributed by atoms with Gasteiger partial charge in [0.2, 0.25) is 0 Å². The maximum absolute atomic E-state index is 0. The molecule has 18 valence electrons. The van der Waals surface area contributed by atoms with Crippen LogP contribution in [0.1, 0.15) is 2.85 Å². The first-order valence-electron chi connectivity index (χ1n) is 0. The normalized spacial score (nSPS) is 0. The molecule has 0 bridgehead atoms. The molecule has 0 saturated heterocycles. The van der Waals surface area contributed by atoms with Crippen LogP contribution in [0.3, 0.4) is 0 Å². The van der Waals surface area contributed by atoms with Crippen LogP contribution in [0.4, 0.5) is 0 Å². The summed E-state index contributed by atoms with van der Waals surface area (Å²) in [5, 5.41) is 0. The first-order valence-corrected chi connectivity index (χ1v) is 0. The van der Waals surface area contributed by atoms with Gasteiger partial charge >= 0.3 is 63.6 Å². The molecule has 0 aliphatic rings. The smallest absolute Gasteiger partial charge is 0 e. The van der Waals surface area contributed by atoms with Crippen molar-refractivity contribution in [3.63, 3.8) is 0 Å². The minimum atomic E-state index is 0. The Bertz CT molecular complexity index is 13.5. The van der Waals surface area contributed by atoms with Gasteiger partial charge in [0.1, 0.15) is 0 Å². The quantitative estimate of drug-likeness (QED) is 0.486. The Morgan fingerprint density at radius 1 is 1.25 bits per heavy atom. The molecule has 0 saturated carbocycles. The summed E-state index contributed by atoms with van der Waals surface area (Å²) in [6.07, 6.45) is 0. The fraction of sp³-hybridized carbons (Fsp3) is 0. The Balaban J connectivity index is 0. The van der Waals surface area contributed by atoms with E-state index in [1.807, 2.05) is 0 Å². The molecule has 0 fully saturated rings. The van der Waals surface area contributed by atoms with Gasteiger partial charge in [-0.2, -0.15) is 0 Å². The fourth-order valence-corrected chi connectivity index (χ4v) is 0. The molecule has 0 aliphatic heterocycles. The number of hydrogen-bond acceptors (Lipinski definition) is 0. The van der Waals surface area contributed by atoms with E-state index in [9.17, 15) is 0 Å². The molecule has 2 radical (unpaired) electrons. The molecule has 0 N–H and O–H groups in total. The summed E-state index contributed by atoms with van der Waals surface area (Å²) in [6, 6.07) is 0. The first-order chi connectivity index (χ1) is 0. The summed E-state index contributed by atoms with van der Waals surface area (Å²) in [4.78, 5) is 0. The largest absolute Gasteiger partial charge is 0 e. The van der Waals surface area contributed by atoms with Gasteiger partial charge in [-0.25, -0.2) is 0 Å². The summed E-state index contributed by atoms with van der Waals surface area (Å²) in [6.45, 7) is 0. The molecule has 0 amide bonds. The van der Waals surface area contributed by atoms with E-state index in [0.717, 1.165) is 0 Å². The van der Waals surface area contributed by atoms with E-state index in [2.05, 4.69) is 0 Å². The Kier molecular flexibility index (Phi) is 98.7. The van der Waals surface area contributed by atoms with Crippen molar-refractivity contribution in [2.75, 3.05) is 0 Å². The van der Waals surface area contributed by atoms with Crippen molar-refractivity contribution in [3.8, 4) is 0 Å². The molecule has 0 aromatic rings. The van der Waals surface area contributed by atoms with Crippen LogP contribution in [-0.2, 0) is 51.3 Å². The van der Waals surface area contributed by atoms with Crippen molar-refractivity contribution in [1.82, 2.24) is 0 Å². The van der Waals surface area contributed by atoms with Crippen molar-refractivity contribution in [1.29, 1.82) is 0 Å². The molecule has 0 aliphatic carbocycles. The van der Waals surface area contributed by atoms with Gasteiger partial charge in [-0.05, 0) is 0 Å². The van der Waals surface area contributed by atoms with Gasteiger partial charge in [-0.15, -0.1) is 0 Å². The molecule has 0 spiro atoms. The summed E-state index contributed by atoms with van der Waals surface area (Å²) >= 11 is 0. The molecular formula is H5CaInVY. The van der Waals surface area contributed by atoms with E-state index in [0.29, 0.717) is 0 Å². The minimum absolute atomic E-state index is 0. The van der Waals surface area contributed by atoms with Gasteiger partial charge in [0.05, 0.1) is 0 Å². The standard InChI is InChI=1S/Ca.In.V.Y.5H/q+2;;;;;;;2*-1. The van der Waals surface area contributed by atoms with Crippen LogP contribution in [0.15, 0.2) is 0 Å². The Morgan fingerprint density at radius 2 is 1.25 bits per heavy atom. The van der Waals surface area contributed by atoms with E-state index in [1.165, 1.54) is 0 Å². The molecule has 0 rings (SSSR count). The second kappa shape index (κ2) is 15.8. The van der Waals surface area contributed by atoms with E-state index in [1.54, 1.807) is 0 Å². The molecule has 0 nitrogen and oxygen atoms in total. The van der Waals surface area contributed by atoms with Crippen LogP contribution in [0.5, 0.6) is 0 Å². The summed E-state index contributed by atoms with van der Waals surface area (Å²) in [5.74, 6) is 0. The maximum atomic E-state index is 0. The van der Waals surface area contributed by atoms with Crippen LogP contribution >= 0.6 is 0 Å². The first kappa shape index (κ1) is 24.9. The third kappa shape index (κ3) is 9.26. The zero-order chi connectivity index (χ0) is 0. The zero-order valence-electron chi connectivity index (χ0n) is 3.73. The molecule has 0 aromatic carbocycles. The van der Waals surface area contributed by atoms with Crippen molar-refractivity contribution in [2.24, 2.45) is 0 Å². The Morgan fingerprint density at radius 3 is 1.25 bits per heavy atom. The summed E-state index contributed by atoms with van der Waals surface area (Å²) in [7, 11) is 0. The number of rotatable bonds is 0. The van der Waals surface area contributed by atoms with Crippen LogP contribution < -0.4 is 0 Å². The average Bonchev–Trinajstić information content (AvgIpc) is 0. The Hall–Kier alpha value is 3.82. The zero-order valence-corrected chi connectivity index (χ0v) is 8.18. The molecule has 0 aromatic heterocycles. The van der Waals surface area contributed by atoms with Crippen LogP contribution in [0.25, 0.3) is 0 Å². The SMILES string of the molecule is [Ca+2].[H-].[H-].[InH3].[V].[Y]. The monoisotopic (exact) mass is 300 g/mol. The fourth-order valence-electron chi connectivity index (χ4n) is 0. The predicted octanol–water partition coefficient (Wildman–Crippen LogP) is -1.34. The van der Waals surface area contributed by atoms with E-state index in [-0.39, 0.29) is 118 Å². The topological polar surface area (TPSA) is 0 Å². The maximum Gasteiger partial charge on any atom is 0 e. The second-order valence-corrected chi connectivity index (χ2v) is 0. The van der Waals surface area contributed by atoms with Gasteiger partial charge in [0.25, 0.3) is 0 Å². The molecule has 0 heterocycles. The molecule has 4 heteroatoms. The van der Waals surface area contributed by atoms with E-state index in [4.69, 9.17) is 0 Å². The summed E-state index contributed by atoms with van der Waals surface area (Å²) < 4.78 is 0. The van der Waals surface area contributed by atoms with Gasteiger partial charge in [0.15, 0.2) is 0 Å². The Labute approximate surface area is 115 Å². The minimum Gasteiger partial charge on any atom is 0 e. The van der Waals surface area contributed by atoms with Crippen molar-refractivity contribution >= 4 is 63.6 Å². The summed E-state index contributed by atoms with van der Waals surface area (Å²) in [5.41, 5.74) is 0. The van der Waals surface area contributed by atoms with Gasteiger partial charge in [-0.3, -0.25) is 0 Å². The molecular weight excluding hydrogens is 295 g/mol. The predicted molar refractivity (Wildman–Crippen MR) is 17.9 cm³/mol. The molecule has 0 unspecified atom stereocenters. The second-order valence-electron chi connectivity index (χ2n) is 0. The third-order valence-corrected chi connectivity index (χ3v) is 0. The van der Waals surface area contributed by atoms with E-state index < -0.39 is 0 Å². The van der Waals surface area contributed by atoms with Crippen LogP contribution in [0, 0.1) is 0 Å². The van der Waals surface area contributed by atoms with Gasteiger partial charge in [-0.1, -0.05) is 0 Å². The number of hydrogen-bond donors (Lipinski definition) is 0. The van der Waals surface area contributed by atoms with Crippen LogP contribution in [0.2, 0.25) is 0 Å². The van der Waals surface area contributed by atoms with Crippen molar-refractivity contribution in [3.05, 3.63) is 0 Å². The van der Waals surface area contributed by atoms with Crippen molar-refractivity contribution < 1.29 is 54.1 Å². The van der Waals surface area contributed by atoms with Gasteiger partial charge < -0.3 is 2.85 Å². The molecule has 4 heavy (non-hydrogen) atoms. The third-order valence-electron chi connectivity index (χ3n) is 0. The molecule has 0 atom stereocenters. The van der Waals surface area contributed by atoms with Crippen molar-refractivity contribution in [2.45, 2.75) is 0 Å². The van der Waals surface area contributed by atoms with Gasteiger partial charge in [0, 0.05) is 51.3 Å². The average molecular weight is 300 g/mol. The van der Waals surface area contributed by atoms with E-state index >= 15 is 0 Å².